The highest BCUT2D eigenvalue weighted by Crippen LogP contribution is 2.39. The molecule has 2 aromatic rings. The molecule has 1 aliphatic rings. The Balaban J connectivity index is 2.07. The smallest absolute Gasteiger partial charge is 0.267 e. The Morgan fingerprint density at radius 2 is 2.00 bits per heavy atom. The molecule has 25 heavy (non-hydrogen) atoms. The number of hydrogen-bond acceptors (Lipinski definition) is 5. The molecule has 0 spiro atoms. The van der Waals surface area contributed by atoms with Gasteiger partial charge in [0.25, 0.3) is 5.91 Å². The third kappa shape index (κ3) is 3.24. The second-order valence-corrected chi connectivity index (χ2v) is 6.56. The van der Waals surface area contributed by atoms with Crippen LogP contribution in [0, 0.1) is 13.8 Å². The molecule has 1 aromatic heterocycles. The van der Waals surface area contributed by atoms with E-state index in [0.717, 1.165) is 30.2 Å². The fourth-order valence-corrected chi connectivity index (χ4v) is 3.07. The van der Waals surface area contributed by atoms with Gasteiger partial charge in [0, 0.05) is 26.3 Å². The molecule has 0 atom stereocenters. The summed E-state index contributed by atoms with van der Waals surface area (Å²) >= 11 is 0. The summed E-state index contributed by atoms with van der Waals surface area (Å²) in [5.41, 5.74) is 5.56. The molecule has 0 saturated carbocycles. The Morgan fingerprint density at radius 1 is 1.24 bits per heavy atom. The minimum Gasteiger partial charge on any atom is -0.344 e. The lowest BCUT2D eigenvalue weighted by atomic mass is 10.1. The average Bonchev–Trinajstić information content (AvgIpc) is 2.98. The number of nitrogens with zero attached hydrogens (tertiary/aromatic N) is 5. The molecule has 0 N–H and O–H groups in total. The highest BCUT2D eigenvalue weighted by molar-refractivity contribution is 6.38. The number of aromatic nitrogens is 2. The van der Waals surface area contributed by atoms with Gasteiger partial charge in [-0.15, -0.1) is 0 Å². The predicted octanol–water partition coefficient (Wildman–Crippen LogP) is 2.97. The first-order valence-corrected chi connectivity index (χ1v) is 8.34. The molecule has 0 aliphatic carbocycles. The van der Waals surface area contributed by atoms with Crippen LogP contribution in [-0.4, -0.2) is 47.1 Å². The number of carbonyl (C=O) groups is 1. The third-order valence-electron chi connectivity index (χ3n) is 4.37. The van der Waals surface area contributed by atoms with Crippen LogP contribution >= 0.6 is 0 Å². The molecule has 1 aliphatic heterocycles. The van der Waals surface area contributed by atoms with Gasteiger partial charge in [0.1, 0.15) is 17.7 Å². The van der Waals surface area contributed by atoms with Crippen molar-refractivity contribution in [3.05, 3.63) is 41.3 Å². The normalized spacial score (nSPS) is 13.8. The fraction of sp³-hybridized carbons (Fsp3) is 0.368. The lowest BCUT2D eigenvalue weighted by Crippen LogP contribution is -2.28. The van der Waals surface area contributed by atoms with E-state index in [-0.39, 0.29) is 5.91 Å². The number of anilines is 2. The van der Waals surface area contributed by atoms with Gasteiger partial charge < -0.3 is 9.80 Å². The quantitative estimate of drug-likeness (QED) is 0.808. The number of rotatable bonds is 3. The van der Waals surface area contributed by atoms with Crippen molar-refractivity contribution in [2.24, 2.45) is 4.99 Å². The second kappa shape index (κ2) is 6.63. The van der Waals surface area contributed by atoms with Gasteiger partial charge in [-0.05, 0) is 38.8 Å². The maximum atomic E-state index is 12.2. The lowest BCUT2D eigenvalue weighted by molar-refractivity contribution is -0.121. The highest BCUT2D eigenvalue weighted by atomic mass is 16.2. The van der Waals surface area contributed by atoms with E-state index < -0.39 is 0 Å². The molecule has 0 unspecified atom stereocenters. The maximum absolute atomic E-state index is 12.2. The van der Waals surface area contributed by atoms with E-state index in [2.05, 4.69) is 45.0 Å². The van der Waals surface area contributed by atoms with E-state index in [9.17, 15) is 4.79 Å². The van der Waals surface area contributed by atoms with Gasteiger partial charge in [0.05, 0.1) is 5.69 Å². The molecule has 0 saturated heterocycles. The van der Waals surface area contributed by atoms with E-state index in [1.165, 1.54) is 16.0 Å². The van der Waals surface area contributed by atoms with E-state index >= 15 is 0 Å². The number of aliphatic imine (C=N–C) groups is 1. The zero-order valence-corrected chi connectivity index (χ0v) is 15.4. The predicted molar refractivity (Wildman–Crippen MR) is 100 cm³/mol. The summed E-state index contributed by atoms with van der Waals surface area (Å²) in [6, 6.07) is 6.45. The molecular weight excluding hydrogens is 314 g/mol. The summed E-state index contributed by atoms with van der Waals surface area (Å²) in [5, 5.41) is 0. The molecule has 130 valence electrons. The number of amides is 1. The van der Waals surface area contributed by atoms with Crippen LogP contribution < -0.4 is 4.90 Å². The Bertz CT molecular complexity index is 857. The average molecular weight is 337 g/mol. The number of carbonyl (C=O) groups excluding carboxylic acids is 1. The molecule has 1 aromatic carbocycles. The van der Waals surface area contributed by atoms with Gasteiger partial charge >= 0.3 is 0 Å². The van der Waals surface area contributed by atoms with Crippen LogP contribution in [0.15, 0.2) is 29.5 Å². The van der Waals surface area contributed by atoms with Crippen molar-refractivity contribution in [1.29, 1.82) is 0 Å². The van der Waals surface area contributed by atoms with Gasteiger partial charge in [0.2, 0.25) is 0 Å². The zero-order valence-electron chi connectivity index (χ0n) is 15.4. The van der Waals surface area contributed by atoms with Crippen LogP contribution in [0.2, 0.25) is 0 Å². The van der Waals surface area contributed by atoms with Gasteiger partial charge in [0.15, 0.2) is 5.82 Å². The molecular formula is C19H23N5O. The SMILES string of the molecule is C/C(=N\c1c(C)ncnc1N1CCc2cc(C)ccc21)C(=O)N(C)C. The summed E-state index contributed by atoms with van der Waals surface area (Å²) in [6.45, 7) is 6.56. The van der Waals surface area contributed by atoms with Crippen molar-refractivity contribution < 1.29 is 4.79 Å². The Morgan fingerprint density at radius 3 is 2.72 bits per heavy atom. The molecule has 2 heterocycles. The highest BCUT2D eigenvalue weighted by Gasteiger charge is 2.25. The van der Waals surface area contributed by atoms with E-state index in [4.69, 9.17) is 0 Å². The van der Waals surface area contributed by atoms with Crippen molar-refractivity contribution in [3.8, 4) is 0 Å². The van der Waals surface area contributed by atoms with E-state index in [0.29, 0.717) is 11.4 Å². The molecule has 3 rings (SSSR count). The minimum absolute atomic E-state index is 0.119. The van der Waals surface area contributed by atoms with Crippen molar-refractivity contribution in [1.82, 2.24) is 14.9 Å². The van der Waals surface area contributed by atoms with E-state index in [1.54, 1.807) is 27.3 Å². The first-order chi connectivity index (χ1) is 11.9. The van der Waals surface area contributed by atoms with Crippen molar-refractivity contribution in [3.63, 3.8) is 0 Å². The number of hydrogen-bond donors (Lipinski definition) is 0. The summed E-state index contributed by atoms with van der Waals surface area (Å²) in [7, 11) is 3.44. The number of aryl methyl sites for hydroxylation is 2. The second-order valence-electron chi connectivity index (χ2n) is 6.56. The fourth-order valence-electron chi connectivity index (χ4n) is 3.07. The van der Waals surface area contributed by atoms with Crippen LogP contribution in [-0.2, 0) is 11.2 Å². The molecule has 0 radical (unpaired) electrons. The summed E-state index contributed by atoms with van der Waals surface area (Å²) < 4.78 is 0. The van der Waals surface area contributed by atoms with Crippen LogP contribution in [0.5, 0.6) is 0 Å². The minimum atomic E-state index is -0.119. The number of benzene rings is 1. The Labute approximate surface area is 148 Å². The van der Waals surface area contributed by atoms with Crippen molar-refractivity contribution >= 4 is 28.8 Å². The summed E-state index contributed by atoms with van der Waals surface area (Å²) in [5.74, 6) is 0.632. The van der Waals surface area contributed by atoms with Crippen LogP contribution in [0.3, 0.4) is 0 Å². The van der Waals surface area contributed by atoms with Gasteiger partial charge in [-0.2, -0.15) is 0 Å². The van der Waals surface area contributed by atoms with Crippen LogP contribution in [0.4, 0.5) is 17.2 Å². The van der Waals surface area contributed by atoms with Gasteiger partial charge in [-0.3, -0.25) is 4.79 Å². The van der Waals surface area contributed by atoms with E-state index in [1.807, 2.05) is 6.92 Å². The van der Waals surface area contributed by atoms with Crippen LogP contribution in [0.25, 0.3) is 0 Å². The summed E-state index contributed by atoms with van der Waals surface area (Å²) in [6.07, 6.45) is 2.53. The number of fused-ring (bicyclic) bond motifs is 1. The molecule has 1 amide bonds. The first-order valence-electron chi connectivity index (χ1n) is 8.34. The van der Waals surface area contributed by atoms with Crippen LogP contribution in [0.1, 0.15) is 23.7 Å². The molecule has 0 fully saturated rings. The van der Waals surface area contributed by atoms with Gasteiger partial charge in [-0.25, -0.2) is 15.0 Å². The third-order valence-corrected chi connectivity index (χ3v) is 4.37. The Kier molecular flexibility index (Phi) is 4.53. The largest absolute Gasteiger partial charge is 0.344 e. The maximum Gasteiger partial charge on any atom is 0.267 e. The molecule has 6 heteroatoms. The zero-order chi connectivity index (χ0) is 18.1. The molecule has 6 nitrogen and oxygen atoms in total. The standard InChI is InChI=1S/C19H23N5O/c1-12-6-7-16-15(10-12)8-9-24(16)18-17(13(2)20-11-21-18)22-14(3)19(25)23(4)5/h6-7,10-11H,8-9H2,1-5H3/b22-14+. The lowest BCUT2D eigenvalue weighted by Gasteiger charge is -2.21. The Hall–Kier alpha value is -2.76. The summed E-state index contributed by atoms with van der Waals surface area (Å²) in [4.78, 5) is 29.2. The molecule has 0 bridgehead atoms. The monoisotopic (exact) mass is 337 g/mol. The first kappa shape index (κ1) is 17.1. The van der Waals surface area contributed by atoms with Gasteiger partial charge in [-0.1, -0.05) is 17.7 Å². The van der Waals surface area contributed by atoms with Crippen molar-refractivity contribution in [2.45, 2.75) is 27.2 Å². The van der Waals surface area contributed by atoms with Crippen molar-refractivity contribution in [2.75, 3.05) is 25.5 Å². The topological polar surface area (TPSA) is 61.7 Å².